The van der Waals surface area contributed by atoms with E-state index in [0.29, 0.717) is 5.56 Å². The highest BCUT2D eigenvalue weighted by molar-refractivity contribution is 5.73. The SMILES string of the molecule is NC(=O)CCn1nc(-c2ccccc2)oc1=O. The zero-order valence-electron chi connectivity index (χ0n) is 9.00. The van der Waals surface area contributed by atoms with E-state index in [1.165, 1.54) is 0 Å². The zero-order valence-corrected chi connectivity index (χ0v) is 9.00. The van der Waals surface area contributed by atoms with E-state index in [1.807, 2.05) is 18.2 Å². The third-order valence-corrected chi connectivity index (χ3v) is 2.20. The molecule has 1 aromatic heterocycles. The lowest BCUT2D eigenvalue weighted by atomic mass is 10.2. The number of carbonyl (C=O) groups is 1. The Balaban J connectivity index is 2.25. The van der Waals surface area contributed by atoms with Crippen LogP contribution >= 0.6 is 0 Å². The van der Waals surface area contributed by atoms with Crippen LogP contribution in [0.4, 0.5) is 0 Å². The Labute approximate surface area is 96.7 Å². The van der Waals surface area contributed by atoms with Gasteiger partial charge in [-0.15, -0.1) is 5.10 Å². The van der Waals surface area contributed by atoms with Gasteiger partial charge in [-0.05, 0) is 12.1 Å². The lowest BCUT2D eigenvalue weighted by Crippen LogP contribution is -2.20. The van der Waals surface area contributed by atoms with Crippen molar-refractivity contribution in [3.8, 4) is 11.5 Å². The number of primary amides is 1. The summed E-state index contributed by atoms with van der Waals surface area (Å²) in [6, 6.07) is 9.05. The largest absolute Gasteiger partial charge is 0.437 e. The van der Waals surface area contributed by atoms with Gasteiger partial charge in [-0.1, -0.05) is 18.2 Å². The Morgan fingerprint density at radius 3 is 2.71 bits per heavy atom. The van der Waals surface area contributed by atoms with Gasteiger partial charge < -0.3 is 10.2 Å². The second kappa shape index (κ2) is 4.65. The molecule has 2 aromatic rings. The Morgan fingerprint density at radius 2 is 2.06 bits per heavy atom. The molecule has 0 aliphatic carbocycles. The summed E-state index contributed by atoms with van der Waals surface area (Å²) in [5.74, 6) is -0.841. The summed E-state index contributed by atoms with van der Waals surface area (Å²) in [5, 5.41) is 3.98. The van der Waals surface area contributed by atoms with E-state index in [0.717, 1.165) is 4.68 Å². The number of hydrogen-bond acceptors (Lipinski definition) is 4. The topological polar surface area (TPSA) is 91.1 Å². The van der Waals surface area contributed by atoms with E-state index >= 15 is 0 Å². The van der Waals surface area contributed by atoms with Crippen LogP contribution in [0.1, 0.15) is 6.42 Å². The molecule has 0 saturated carbocycles. The summed E-state index contributed by atoms with van der Waals surface area (Å²) in [5.41, 5.74) is 5.71. The highest BCUT2D eigenvalue weighted by Crippen LogP contribution is 2.13. The van der Waals surface area contributed by atoms with Crippen molar-refractivity contribution in [2.75, 3.05) is 0 Å². The zero-order chi connectivity index (χ0) is 12.3. The molecule has 0 fully saturated rings. The maximum atomic E-state index is 11.4. The van der Waals surface area contributed by atoms with E-state index in [1.54, 1.807) is 12.1 Å². The van der Waals surface area contributed by atoms with Crippen molar-refractivity contribution in [2.45, 2.75) is 13.0 Å². The average Bonchev–Trinajstić information content (AvgIpc) is 2.69. The normalized spacial score (nSPS) is 10.4. The van der Waals surface area contributed by atoms with Gasteiger partial charge in [0.25, 0.3) is 0 Å². The number of benzene rings is 1. The number of aryl methyl sites for hydroxylation is 1. The van der Waals surface area contributed by atoms with Crippen molar-refractivity contribution >= 4 is 5.91 Å². The van der Waals surface area contributed by atoms with Crippen LogP contribution in [-0.2, 0) is 11.3 Å². The quantitative estimate of drug-likeness (QED) is 0.826. The molecule has 2 N–H and O–H groups in total. The summed E-state index contributed by atoms with van der Waals surface area (Å²) in [7, 11) is 0. The fourth-order valence-electron chi connectivity index (χ4n) is 1.36. The van der Waals surface area contributed by atoms with Gasteiger partial charge in [0.05, 0.1) is 6.54 Å². The van der Waals surface area contributed by atoms with Crippen molar-refractivity contribution < 1.29 is 9.21 Å². The number of amides is 1. The van der Waals surface area contributed by atoms with Crippen LogP contribution in [0, 0.1) is 0 Å². The Hall–Kier alpha value is -2.37. The first-order chi connectivity index (χ1) is 8.16. The number of carbonyl (C=O) groups excluding carboxylic acids is 1. The number of nitrogens with two attached hydrogens (primary N) is 1. The number of aromatic nitrogens is 2. The fraction of sp³-hybridized carbons (Fsp3) is 0.182. The molecule has 0 unspecified atom stereocenters. The molecule has 0 aliphatic heterocycles. The fourth-order valence-corrected chi connectivity index (χ4v) is 1.36. The minimum Gasteiger partial charge on any atom is -0.388 e. The van der Waals surface area contributed by atoms with Gasteiger partial charge in [0.1, 0.15) is 0 Å². The van der Waals surface area contributed by atoms with Gasteiger partial charge in [0.2, 0.25) is 11.8 Å². The molecule has 2 rings (SSSR count). The standard InChI is InChI=1S/C11H11N3O3/c12-9(15)6-7-14-11(16)17-10(13-14)8-4-2-1-3-5-8/h1-5H,6-7H2,(H2,12,15). The van der Waals surface area contributed by atoms with Crippen molar-refractivity contribution in [1.82, 2.24) is 9.78 Å². The van der Waals surface area contributed by atoms with Crippen LogP contribution < -0.4 is 11.5 Å². The molecule has 1 amide bonds. The van der Waals surface area contributed by atoms with Crippen LogP contribution in [0.3, 0.4) is 0 Å². The van der Waals surface area contributed by atoms with Crippen molar-refractivity contribution in [1.29, 1.82) is 0 Å². The minimum absolute atomic E-state index is 0.0562. The Kier molecular flexibility index (Phi) is 3.04. The summed E-state index contributed by atoms with van der Waals surface area (Å²) < 4.78 is 6.07. The molecule has 0 radical (unpaired) electrons. The summed E-state index contributed by atoms with van der Waals surface area (Å²) in [6.45, 7) is 0.129. The molecule has 0 spiro atoms. The highest BCUT2D eigenvalue weighted by atomic mass is 16.4. The third-order valence-electron chi connectivity index (χ3n) is 2.20. The molecule has 88 valence electrons. The first-order valence-electron chi connectivity index (χ1n) is 5.08. The average molecular weight is 233 g/mol. The van der Waals surface area contributed by atoms with Crippen molar-refractivity contribution in [2.24, 2.45) is 5.73 Å². The van der Waals surface area contributed by atoms with E-state index in [4.69, 9.17) is 10.2 Å². The van der Waals surface area contributed by atoms with Crippen LogP contribution in [0.5, 0.6) is 0 Å². The summed E-state index contributed by atoms with van der Waals surface area (Å²) >= 11 is 0. The highest BCUT2D eigenvalue weighted by Gasteiger charge is 2.10. The summed E-state index contributed by atoms with van der Waals surface area (Å²) in [6.07, 6.45) is 0.0562. The van der Waals surface area contributed by atoms with Gasteiger partial charge in [-0.2, -0.15) is 4.68 Å². The van der Waals surface area contributed by atoms with Crippen LogP contribution in [0.25, 0.3) is 11.5 Å². The van der Waals surface area contributed by atoms with Gasteiger partial charge in [0, 0.05) is 12.0 Å². The predicted molar refractivity (Wildman–Crippen MR) is 60.0 cm³/mol. The molecule has 0 atom stereocenters. The van der Waals surface area contributed by atoms with E-state index in [-0.39, 0.29) is 18.9 Å². The van der Waals surface area contributed by atoms with Crippen molar-refractivity contribution in [3.05, 3.63) is 40.9 Å². The molecule has 17 heavy (non-hydrogen) atoms. The Morgan fingerprint density at radius 1 is 1.35 bits per heavy atom. The monoisotopic (exact) mass is 233 g/mol. The third kappa shape index (κ3) is 2.60. The van der Waals surface area contributed by atoms with Gasteiger partial charge in [0.15, 0.2) is 0 Å². The molecule has 1 heterocycles. The predicted octanol–water partition coefficient (Wildman–Crippen LogP) is 0.379. The van der Waals surface area contributed by atoms with Gasteiger partial charge >= 0.3 is 5.76 Å². The Bertz CT molecular complexity index is 571. The molecule has 1 aromatic carbocycles. The second-order valence-corrected chi connectivity index (χ2v) is 3.48. The number of rotatable bonds is 4. The molecule has 0 bridgehead atoms. The first-order valence-corrected chi connectivity index (χ1v) is 5.08. The number of nitrogens with zero attached hydrogens (tertiary/aromatic N) is 2. The lowest BCUT2D eigenvalue weighted by molar-refractivity contribution is -0.118. The van der Waals surface area contributed by atoms with E-state index in [9.17, 15) is 9.59 Å². The maximum Gasteiger partial charge on any atom is 0.437 e. The molecular weight excluding hydrogens is 222 g/mol. The maximum absolute atomic E-state index is 11.4. The first kappa shape index (κ1) is 11.1. The smallest absolute Gasteiger partial charge is 0.388 e. The van der Waals surface area contributed by atoms with Gasteiger partial charge in [-0.25, -0.2) is 4.79 Å². The molecule has 0 aliphatic rings. The van der Waals surface area contributed by atoms with Crippen LogP contribution in [0.2, 0.25) is 0 Å². The minimum atomic E-state index is -0.592. The molecule has 6 nitrogen and oxygen atoms in total. The van der Waals surface area contributed by atoms with E-state index in [2.05, 4.69) is 5.10 Å². The van der Waals surface area contributed by atoms with E-state index < -0.39 is 11.7 Å². The van der Waals surface area contributed by atoms with Crippen molar-refractivity contribution in [3.63, 3.8) is 0 Å². The van der Waals surface area contributed by atoms with Gasteiger partial charge in [-0.3, -0.25) is 4.79 Å². The molecular formula is C11H11N3O3. The molecule has 6 heteroatoms. The second-order valence-electron chi connectivity index (χ2n) is 3.48. The number of hydrogen-bond donors (Lipinski definition) is 1. The molecule has 0 saturated heterocycles. The van der Waals surface area contributed by atoms with Crippen LogP contribution in [-0.4, -0.2) is 15.7 Å². The van der Waals surface area contributed by atoms with Crippen LogP contribution in [0.15, 0.2) is 39.5 Å². The summed E-state index contributed by atoms with van der Waals surface area (Å²) in [4.78, 5) is 22.0. The lowest BCUT2D eigenvalue weighted by Gasteiger charge is -1.94.